The van der Waals surface area contributed by atoms with Gasteiger partial charge in [0.2, 0.25) is 5.91 Å². The van der Waals surface area contributed by atoms with Crippen LogP contribution in [0.1, 0.15) is 34.9 Å². The molecule has 1 aliphatic carbocycles. The average Bonchev–Trinajstić information content (AvgIpc) is 3.48. The SMILES string of the molecule is O=C(NCc1ccccc1Cn1cccn1)[C@@H]1CC=CC[C@H]1c1nc2ccccc2s1. The number of rotatable bonds is 6. The highest BCUT2D eigenvalue weighted by atomic mass is 32.1. The molecule has 6 heteroatoms. The second-order valence-corrected chi connectivity index (χ2v) is 8.93. The van der Waals surface area contributed by atoms with E-state index in [-0.39, 0.29) is 17.7 Å². The van der Waals surface area contributed by atoms with Crippen molar-refractivity contribution >= 4 is 27.5 Å². The summed E-state index contributed by atoms with van der Waals surface area (Å²) in [5.41, 5.74) is 3.30. The lowest BCUT2D eigenvalue weighted by molar-refractivity contribution is -0.125. The van der Waals surface area contributed by atoms with Gasteiger partial charge in [0.25, 0.3) is 0 Å². The number of carbonyl (C=O) groups excluding carboxylic acids is 1. The summed E-state index contributed by atoms with van der Waals surface area (Å²) in [6.45, 7) is 1.21. The number of hydrogen-bond donors (Lipinski definition) is 1. The molecule has 1 N–H and O–H groups in total. The van der Waals surface area contributed by atoms with Gasteiger partial charge in [0.1, 0.15) is 0 Å². The summed E-state index contributed by atoms with van der Waals surface area (Å²) >= 11 is 1.71. The number of amides is 1. The number of hydrogen-bond acceptors (Lipinski definition) is 4. The molecule has 0 aliphatic heterocycles. The highest BCUT2D eigenvalue weighted by molar-refractivity contribution is 7.18. The van der Waals surface area contributed by atoms with Crippen LogP contribution in [0.2, 0.25) is 0 Å². The molecule has 2 heterocycles. The molecule has 2 atom stereocenters. The van der Waals surface area contributed by atoms with Crippen LogP contribution in [0.4, 0.5) is 0 Å². The van der Waals surface area contributed by atoms with E-state index >= 15 is 0 Å². The predicted octanol–water partition coefficient (Wildman–Crippen LogP) is 4.91. The van der Waals surface area contributed by atoms with Crippen molar-refractivity contribution in [2.75, 3.05) is 0 Å². The van der Waals surface area contributed by atoms with E-state index in [9.17, 15) is 4.79 Å². The van der Waals surface area contributed by atoms with Gasteiger partial charge in [-0.15, -0.1) is 11.3 Å². The van der Waals surface area contributed by atoms with E-state index in [1.165, 1.54) is 4.70 Å². The first-order valence-electron chi connectivity index (χ1n) is 10.6. The Bertz CT molecular complexity index is 1180. The Morgan fingerprint density at radius 3 is 2.68 bits per heavy atom. The van der Waals surface area contributed by atoms with Gasteiger partial charge in [-0.2, -0.15) is 5.10 Å². The van der Waals surface area contributed by atoms with E-state index in [0.717, 1.165) is 34.5 Å². The second-order valence-electron chi connectivity index (χ2n) is 7.87. The van der Waals surface area contributed by atoms with Crippen LogP contribution in [0.5, 0.6) is 0 Å². The van der Waals surface area contributed by atoms with Gasteiger partial charge < -0.3 is 5.32 Å². The third-order valence-electron chi connectivity index (χ3n) is 5.86. The Hall–Kier alpha value is -3.25. The topological polar surface area (TPSA) is 59.8 Å². The maximum absolute atomic E-state index is 13.2. The van der Waals surface area contributed by atoms with Gasteiger partial charge in [-0.1, -0.05) is 48.6 Å². The molecule has 2 aromatic heterocycles. The van der Waals surface area contributed by atoms with Crippen molar-refractivity contribution in [2.24, 2.45) is 5.92 Å². The van der Waals surface area contributed by atoms with Crippen molar-refractivity contribution in [2.45, 2.75) is 31.8 Å². The van der Waals surface area contributed by atoms with Gasteiger partial charge in [-0.3, -0.25) is 9.48 Å². The fraction of sp³-hybridized carbons (Fsp3) is 0.240. The van der Waals surface area contributed by atoms with Crippen LogP contribution in [0, 0.1) is 5.92 Å². The van der Waals surface area contributed by atoms with E-state index in [2.05, 4.69) is 40.8 Å². The maximum atomic E-state index is 13.2. The van der Waals surface area contributed by atoms with Crippen molar-refractivity contribution in [3.8, 4) is 0 Å². The van der Waals surface area contributed by atoms with E-state index < -0.39 is 0 Å². The Morgan fingerprint density at radius 1 is 1.03 bits per heavy atom. The van der Waals surface area contributed by atoms with Crippen molar-refractivity contribution < 1.29 is 4.79 Å². The van der Waals surface area contributed by atoms with Gasteiger partial charge in [0.05, 0.1) is 27.7 Å². The van der Waals surface area contributed by atoms with Crippen LogP contribution in [0.15, 0.2) is 79.1 Å². The highest BCUT2D eigenvalue weighted by Crippen LogP contribution is 2.38. The van der Waals surface area contributed by atoms with Crippen LogP contribution < -0.4 is 5.32 Å². The molecule has 0 unspecified atom stereocenters. The predicted molar refractivity (Wildman–Crippen MR) is 124 cm³/mol. The smallest absolute Gasteiger partial charge is 0.224 e. The molecule has 31 heavy (non-hydrogen) atoms. The number of nitrogens with zero attached hydrogens (tertiary/aromatic N) is 3. The van der Waals surface area contributed by atoms with Crippen LogP contribution in [0.3, 0.4) is 0 Å². The molecule has 1 aliphatic rings. The Labute approximate surface area is 185 Å². The molecule has 0 radical (unpaired) electrons. The first kappa shape index (κ1) is 19.7. The molecule has 0 spiro atoms. The normalized spacial score (nSPS) is 18.3. The maximum Gasteiger partial charge on any atom is 0.224 e. The fourth-order valence-corrected chi connectivity index (χ4v) is 5.34. The molecule has 5 rings (SSSR count). The Morgan fingerprint density at radius 2 is 1.84 bits per heavy atom. The van der Waals surface area contributed by atoms with Gasteiger partial charge in [0, 0.05) is 24.9 Å². The number of benzene rings is 2. The third kappa shape index (κ3) is 4.30. The summed E-state index contributed by atoms with van der Waals surface area (Å²) in [5, 5.41) is 8.56. The largest absolute Gasteiger partial charge is 0.352 e. The zero-order valence-electron chi connectivity index (χ0n) is 17.1. The third-order valence-corrected chi connectivity index (χ3v) is 7.03. The van der Waals surface area contributed by atoms with Crippen LogP contribution in [-0.4, -0.2) is 20.7 Å². The van der Waals surface area contributed by atoms with E-state index in [1.54, 1.807) is 17.5 Å². The van der Waals surface area contributed by atoms with Crippen molar-refractivity contribution in [1.82, 2.24) is 20.1 Å². The molecule has 2 aromatic carbocycles. The summed E-state index contributed by atoms with van der Waals surface area (Å²) in [4.78, 5) is 18.1. The number of allylic oxidation sites excluding steroid dienone is 2. The number of fused-ring (bicyclic) bond motifs is 1. The molecular weight excluding hydrogens is 404 g/mol. The van der Waals surface area contributed by atoms with E-state index in [1.807, 2.05) is 47.3 Å². The minimum absolute atomic E-state index is 0.0937. The standard InChI is InChI=1S/C25H24N4OS/c30-24(26-16-18-8-1-2-9-19(18)17-29-15-7-14-27-29)20-10-3-4-11-21(20)25-28-22-12-5-6-13-23(22)31-25/h1-9,12-15,20-21H,10-11,16-17H2,(H,26,30)/t20-,21-/m1/s1. The Balaban J connectivity index is 1.31. The van der Waals surface area contributed by atoms with Crippen LogP contribution >= 0.6 is 11.3 Å². The zero-order chi connectivity index (χ0) is 21.0. The number of aromatic nitrogens is 3. The van der Waals surface area contributed by atoms with Gasteiger partial charge in [-0.25, -0.2) is 4.98 Å². The minimum Gasteiger partial charge on any atom is -0.352 e. The average molecular weight is 429 g/mol. The first-order chi connectivity index (χ1) is 15.3. The molecule has 4 aromatic rings. The molecule has 0 saturated carbocycles. The molecule has 0 saturated heterocycles. The van der Waals surface area contributed by atoms with Gasteiger partial charge in [-0.05, 0) is 42.2 Å². The van der Waals surface area contributed by atoms with Crippen LogP contribution in [-0.2, 0) is 17.9 Å². The molecular formula is C25H24N4OS. The lowest BCUT2D eigenvalue weighted by Gasteiger charge is -2.26. The number of carbonyl (C=O) groups is 1. The van der Waals surface area contributed by atoms with Crippen molar-refractivity contribution in [1.29, 1.82) is 0 Å². The Kier molecular flexibility index (Phi) is 5.63. The fourth-order valence-electron chi connectivity index (χ4n) is 4.19. The molecule has 0 bridgehead atoms. The number of thiazole rings is 1. The lowest BCUT2D eigenvalue weighted by atomic mass is 9.82. The van der Waals surface area contributed by atoms with Crippen molar-refractivity contribution in [3.05, 3.63) is 95.3 Å². The summed E-state index contributed by atoms with van der Waals surface area (Å²) in [7, 11) is 0. The molecule has 0 fully saturated rings. The van der Waals surface area contributed by atoms with Gasteiger partial charge in [0.15, 0.2) is 0 Å². The van der Waals surface area contributed by atoms with E-state index in [0.29, 0.717) is 13.1 Å². The number of para-hydroxylation sites is 1. The van der Waals surface area contributed by atoms with Crippen LogP contribution in [0.25, 0.3) is 10.2 Å². The molecule has 1 amide bonds. The number of nitrogens with one attached hydrogen (secondary N) is 1. The zero-order valence-corrected chi connectivity index (χ0v) is 18.0. The summed E-state index contributed by atoms with van der Waals surface area (Å²) in [5.74, 6) is 0.132. The minimum atomic E-state index is -0.0937. The molecule has 156 valence electrons. The lowest BCUT2D eigenvalue weighted by Crippen LogP contribution is -2.34. The summed E-state index contributed by atoms with van der Waals surface area (Å²) in [6, 6.07) is 18.3. The monoisotopic (exact) mass is 428 g/mol. The molecule has 5 nitrogen and oxygen atoms in total. The summed E-state index contributed by atoms with van der Waals surface area (Å²) in [6.07, 6.45) is 9.64. The summed E-state index contributed by atoms with van der Waals surface area (Å²) < 4.78 is 3.08. The first-order valence-corrected chi connectivity index (χ1v) is 11.4. The highest BCUT2D eigenvalue weighted by Gasteiger charge is 2.32. The van der Waals surface area contributed by atoms with Crippen molar-refractivity contribution in [3.63, 3.8) is 0 Å². The second kappa shape index (κ2) is 8.86. The quantitative estimate of drug-likeness (QED) is 0.444. The van der Waals surface area contributed by atoms with E-state index in [4.69, 9.17) is 4.98 Å². The van der Waals surface area contributed by atoms with Gasteiger partial charge >= 0.3 is 0 Å².